The second-order valence-electron chi connectivity index (χ2n) is 9.09. The van der Waals surface area contributed by atoms with Crippen molar-refractivity contribution in [3.05, 3.63) is 114 Å². The molecule has 1 aliphatic heterocycles. The third-order valence-electron chi connectivity index (χ3n) is 6.68. The number of thiazole rings is 1. The molecule has 0 fully saturated rings. The van der Waals surface area contributed by atoms with Crippen LogP contribution in [0.3, 0.4) is 0 Å². The van der Waals surface area contributed by atoms with E-state index in [9.17, 15) is 24.6 Å². The number of aromatic nitrogens is 1. The first-order chi connectivity index (χ1) is 20.3. The van der Waals surface area contributed by atoms with E-state index in [0.717, 1.165) is 11.3 Å². The molecule has 214 valence electrons. The Morgan fingerprint density at radius 3 is 2.43 bits per heavy atom. The summed E-state index contributed by atoms with van der Waals surface area (Å²) in [4.78, 5) is 44.3. The smallest absolute Gasteiger partial charge is 0.339 e. The van der Waals surface area contributed by atoms with E-state index in [1.54, 1.807) is 25.1 Å². The van der Waals surface area contributed by atoms with Crippen LogP contribution in [0.5, 0.6) is 17.2 Å². The quantitative estimate of drug-likeness (QED) is 0.300. The Bertz CT molecular complexity index is 1910. The van der Waals surface area contributed by atoms with Gasteiger partial charge in [-0.3, -0.25) is 9.36 Å². The molecule has 2 heterocycles. The number of carbonyl (C=O) groups is 2. The number of nitrogens with zero attached hydrogens (tertiary/aromatic N) is 2. The highest BCUT2D eigenvalue weighted by Gasteiger charge is 2.35. The lowest BCUT2D eigenvalue weighted by Crippen LogP contribution is -2.40. The molecule has 4 aromatic rings. The van der Waals surface area contributed by atoms with Crippen molar-refractivity contribution in [2.75, 3.05) is 20.8 Å². The summed E-state index contributed by atoms with van der Waals surface area (Å²) in [7, 11) is 3.00. The Hall–Kier alpha value is -5.16. The first kappa shape index (κ1) is 28.4. The molecular formula is C31H26N2O8S. The van der Waals surface area contributed by atoms with Crippen LogP contribution >= 0.6 is 11.3 Å². The minimum atomic E-state index is -1.30. The summed E-state index contributed by atoms with van der Waals surface area (Å²) >= 11 is 1.05. The van der Waals surface area contributed by atoms with Gasteiger partial charge in [-0.2, -0.15) is 0 Å². The topological polar surface area (TPSA) is 137 Å². The minimum Gasteiger partial charge on any atom is -0.506 e. The van der Waals surface area contributed by atoms with E-state index in [2.05, 4.69) is 0 Å². The van der Waals surface area contributed by atoms with Gasteiger partial charge in [0, 0.05) is 11.1 Å². The molecule has 1 atom stereocenters. The van der Waals surface area contributed by atoms with Crippen molar-refractivity contribution in [2.24, 2.45) is 4.99 Å². The van der Waals surface area contributed by atoms with Gasteiger partial charge >= 0.3 is 11.9 Å². The molecule has 1 aromatic heterocycles. The number of methoxy groups -OCH3 is 2. The highest BCUT2D eigenvalue weighted by Crippen LogP contribution is 2.38. The number of aromatic carboxylic acids is 1. The van der Waals surface area contributed by atoms with Crippen molar-refractivity contribution in [1.29, 1.82) is 0 Å². The van der Waals surface area contributed by atoms with Crippen molar-refractivity contribution in [3.63, 3.8) is 0 Å². The average molecular weight is 587 g/mol. The van der Waals surface area contributed by atoms with Gasteiger partial charge in [0.05, 0.1) is 42.7 Å². The predicted octanol–water partition coefficient (Wildman–Crippen LogP) is 3.36. The number of hydrogen-bond acceptors (Lipinski definition) is 9. The highest BCUT2D eigenvalue weighted by molar-refractivity contribution is 7.07. The molecule has 0 amide bonds. The van der Waals surface area contributed by atoms with Gasteiger partial charge in [0.25, 0.3) is 5.56 Å². The van der Waals surface area contributed by atoms with Crippen LogP contribution in [0, 0.1) is 0 Å². The van der Waals surface area contributed by atoms with Gasteiger partial charge in [0.2, 0.25) is 0 Å². The van der Waals surface area contributed by atoms with Crippen LogP contribution in [0.4, 0.5) is 0 Å². The molecule has 0 radical (unpaired) electrons. The van der Waals surface area contributed by atoms with Crippen molar-refractivity contribution in [3.8, 4) is 17.2 Å². The third kappa shape index (κ3) is 5.06. The Morgan fingerprint density at radius 1 is 1.02 bits per heavy atom. The molecule has 0 aliphatic carbocycles. The van der Waals surface area contributed by atoms with Gasteiger partial charge in [-0.1, -0.05) is 59.9 Å². The Balaban J connectivity index is 1.85. The second-order valence-corrected chi connectivity index (χ2v) is 10.1. The SMILES string of the molecule is CCOC(=O)C1=C(c2ccccc2)N=c2sc(=Cc3cccc(C(=O)O)c3O)c(=O)n2C1c1ccc(OC)c(OC)c1. The lowest BCUT2D eigenvalue weighted by molar-refractivity contribution is -0.138. The number of fused-ring (bicyclic) bond motifs is 1. The lowest BCUT2D eigenvalue weighted by Gasteiger charge is -2.26. The number of hydrogen-bond donors (Lipinski definition) is 2. The predicted molar refractivity (Wildman–Crippen MR) is 156 cm³/mol. The molecule has 10 nitrogen and oxygen atoms in total. The highest BCUT2D eigenvalue weighted by atomic mass is 32.1. The molecule has 42 heavy (non-hydrogen) atoms. The van der Waals surface area contributed by atoms with Gasteiger partial charge in [0.1, 0.15) is 11.3 Å². The number of carbonyl (C=O) groups excluding carboxylic acids is 1. The van der Waals surface area contributed by atoms with Crippen molar-refractivity contribution in [1.82, 2.24) is 4.57 Å². The van der Waals surface area contributed by atoms with E-state index >= 15 is 0 Å². The summed E-state index contributed by atoms with van der Waals surface area (Å²) in [5.74, 6) is -1.55. The van der Waals surface area contributed by atoms with Crippen molar-refractivity contribution >= 4 is 35.0 Å². The number of esters is 1. The van der Waals surface area contributed by atoms with Gasteiger partial charge in [-0.25, -0.2) is 14.6 Å². The summed E-state index contributed by atoms with van der Waals surface area (Å²) in [5.41, 5.74) is 1.05. The molecule has 1 unspecified atom stereocenters. The third-order valence-corrected chi connectivity index (χ3v) is 7.66. The summed E-state index contributed by atoms with van der Waals surface area (Å²) in [6.45, 7) is 1.80. The molecule has 3 aromatic carbocycles. The number of aromatic hydroxyl groups is 1. The van der Waals surface area contributed by atoms with Crippen molar-refractivity contribution < 1.29 is 34.0 Å². The number of ether oxygens (including phenoxy) is 3. The fraction of sp³-hybridized carbons (Fsp3) is 0.161. The van der Waals surface area contributed by atoms with Gasteiger partial charge < -0.3 is 24.4 Å². The number of para-hydroxylation sites is 1. The van der Waals surface area contributed by atoms with E-state index in [1.807, 2.05) is 30.3 Å². The zero-order valence-corrected chi connectivity index (χ0v) is 23.7. The molecule has 0 spiro atoms. The van der Waals surface area contributed by atoms with Crippen LogP contribution < -0.4 is 24.4 Å². The summed E-state index contributed by atoms with van der Waals surface area (Å²) < 4.78 is 18.0. The second kappa shape index (κ2) is 11.8. The minimum absolute atomic E-state index is 0.104. The van der Waals surface area contributed by atoms with Crippen LogP contribution in [0.2, 0.25) is 0 Å². The molecule has 2 N–H and O–H groups in total. The first-order valence-corrected chi connectivity index (χ1v) is 13.7. The maximum absolute atomic E-state index is 14.0. The fourth-order valence-corrected chi connectivity index (χ4v) is 5.76. The van der Waals surface area contributed by atoms with Crippen LogP contribution in [-0.4, -0.2) is 47.5 Å². The van der Waals surface area contributed by atoms with Gasteiger partial charge in [-0.05, 0) is 36.8 Å². The van der Waals surface area contributed by atoms with E-state index in [4.69, 9.17) is 19.2 Å². The Kier molecular flexibility index (Phi) is 7.94. The monoisotopic (exact) mass is 586 g/mol. The number of benzene rings is 3. The lowest BCUT2D eigenvalue weighted by atomic mass is 9.93. The fourth-order valence-electron chi connectivity index (χ4n) is 4.77. The first-order valence-electron chi connectivity index (χ1n) is 12.8. The van der Waals surface area contributed by atoms with Gasteiger partial charge in [-0.15, -0.1) is 0 Å². The number of rotatable bonds is 8. The number of carboxylic acids is 1. The van der Waals surface area contributed by atoms with E-state index in [0.29, 0.717) is 33.1 Å². The molecule has 0 saturated heterocycles. The van der Waals surface area contributed by atoms with E-state index in [1.165, 1.54) is 43.1 Å². The summed E-state index contributed by atoms with van der Waals surface area (Å²) in [5, 5.41) is 20.0. The average Bonchev–Trinajstić information content (AvgIpc) is 3.31. The molecule has 5 rings (SSSR count). The molecule has 0 saturated carbocycles. The normalized spacial score (nSPS) is 14.6. The molecule has 0 bridgehead atoms. The van der Waals surface area contributed by atoms with Crippen LogP contribution in [0.15, 0.2) is 82.1 Å². The van der Waals surface area contributed by atoms with E-state index < -0.39 is 29.3 Å². The Labute approximate surface area is 243 Å². The zero-order valence-electron chi connectivity index (χ0n) is 22.9. The van der Waals surface area contributed by atoms with Crippen molar-refractivity contribution in [2.45, 2.75) is 13.0 Å². The van der Waals surface area contributed by atoms with Crippen LogP contribution in [0.1, 0.15) is 40.0 Å². The number of phenols is 1. The largest absolute Gasteiger partial charge is 0.506 e. The summed E-state index contributed by atoms with van der Waals surface area (Å²) in [6, 6.07) is 17.5. The maximum Gasteiger partial charge on any atom is 0.339 e. The molecule has 11 heteroatoms. The zero-order chi connectivity index (χ0) is 30.0. The standard InChI is InChI=1S/C31H26N2O8S/c1-4-41-30(38)24-25(17-9-6-5-7-10-17)32-31-33(26(24)18-13-14-21(39-2)22(15-18)40-3)28(35)23(42-31)16-19-11-8-12-20(27(19)34)29(36)37/h5-16,26,34H,4H2,1-3H3,(H,36,37). The Morgan fingerprint density at radius 2 is 1.76 bits per heavy atom. The molecular weight excluding hydrogens is 560 g/mol. The molecule has 1 aliphatic rings. The number of carboxylic acid groups (broad SMARTS) is 1. The van der Waals surface area contributed by atoms with E-state index in [-0.39, 0.29) is 27.8 Å². The summed E-state index contributed by atoms with van der Waals surface area (Å²) in [6.07, 6.45) is 1.41. The van der Waals surface area contributed by atoms with Crippen LogP contribution in [-0.2, 0) is 9.53 Å². The van der Waals surface area contributed by atoms with Crippen LogP contribution in [0.25, 0.3) is 11.8 Å². The van der Waals surface area contributed by atoms with Gasteiger partial charge in [0.15, 0.2) is 16.3 Å². The maximum atomic E-state index is 14.0.